The van der Waals surface area contributed by atoms with Gasteiger partial charge in [0.15, 0.2) is 0 Å². The van der Waals surface area contributed by atoms with Gasteiger partial charge in [-0.15, -0.1) is 11.8 Å². The third-order valence-corrected chi connectivity index (χ3v) is 7.54. The molecule has 2 aliphatic heterocycles. The molecule has 1 N–H and O–H groups in total. The van der Waals surface area contributed by atoms with Crippen LogP contribution in [0.1, 0.15) is 43.0 Å². The zero-order valence-corrected chi connectivity index (χ0v) is 19.5. The van der Waals surface area contributed by atoms with Crippen LogP contribution < -0.4 is 0 Å². The second-order valence-corrected chi connectivity index (χ2v) is 9.61. The molecule has 2 saturated heterocycles. The van der Waals surface area contributed by atoms with Crippen LogP contribution >= 0.6 is 11.8 Å². The predicted octanol–water partition coefficient (Wildman–Crippen LogP) is 2.73. The number of aliphatic hydroxyl groups excluding tert-OH is 1. The largest absolute Gasteiger partial charge is 0.459 e. The number of carbonyl (C=O) groups excluding carboxylic acids is 1. The average Bonchev–Trinajstić information content (AvgIpc) is 2.84. The van der Waals surface area contributed by atoms with E-state index in [1.807, 2.05) is 13.0 Å². The normalized spacial score (nSPS) is 39.1. The Balaban J connectivity index is 1.58. The van der Waals surface area contributed by atoms with Crippen molar-refractivity contribution in [3.63, 3.8) is 0 Å². The highest BCUT2D eigenvalue weighted by Gasteiger charge is 2.66. The first-order chi connectivity index (χ1) is 15.5. The summed E-state index contributed by atoms with van der Waals surface area (Å²) in [7, 11) is 3.15. The molecular weight excluding hydrogens is 436 g/mol. The maximum absolute atomic E-state index is 12.5. The van der Waals surface area contributed by atoms with Crippen molar-refractivity contribution in [3.8, 4) is 0 Å². The van der Waals surface area contributed by atoms with Crippen LogP contribution in [0, 0.1) is 0 Å². The monoisotopic (exact) mass is 468 g/mol. The van der Waals surface area contributed by atoms with E-state index in [0.29, 0.717) is 18.4 Å². The molecule has 0 aromatic heterocycles. The highest BCUT2D eigenvalue weighted by Crippen LogP contribution is 2.51. The molecule has 32 heavy (non-hydrogen) atoms. The van der Waals surface area contributed by atoms with E-state index in [-0.39, 0.29) is 6.61 Å². The van der Waals surface area contributed by atoms with Gasteiger partial charge in [0.25, 0.3) is 0 Å². The molecule has 0 unspecified atom stereocenters. The summed E-state index contributed by atoms with van der Waals surface area (Å²) in [6.45, 7) is 1.95. The summed E-state index contributed by atoms with van der Waals surface area (Å²) < 4.78 is 36.4. The van der Waals surface area contributed by atoms with Gasteiger partial charge in [0.05, 0.1) is 5.56 Å². The number of aliphatic hydroxyl groups is 1. The Morgan fingerprint density at radius 1 is 1.09 bits per heavy atom. The molecule has 7 atom stereocenters. The standard InChI is InChI=1S/C23H32O8S/c1-4-32-21-17(24)19-18(16(29-21)14-28-20(25)15-10-6-5-7-11-15)30-22(26-2)12-8-9-13-23(22,27-3)31-19/h5-7,10-11,16-19,21,24H,4,8-9,12-14H2,1-3H3/t16-,17+,18-,19-,21-,22+,23+/m1/s1. The molecular formula is C23H32O8S. The number of methoxy groups -OCH3 is 2. The van der Waals surface area contributed by atoms with E-state index in [2.05, 4.69) is 0 Å². The van der Waals surface area contributed by atoms with Crippen molar-refractivity contribution in [2.45, 2.75) is 74.0 Å². The smallest absolute Gasteiger partial charge is 0.338 e. The molecule has 1 aromatic rings. The Kier molecular flexibility index (Phi) is 7.46. The van der Waals surface area contributed by atoms with E-state index in [4.69, 9.17) is 28.4 Å². The van der Waals surface area contributed by atoms with Gasteiger partial charge >= 0.3 is 5.97 Å². The van der Waals surface area contributed by atoms with Gasteiger partial charge in [-0.2, -0.15) is 0 Å². The van der Waals surface area contributed by atoms with Crippen LogP contribution in [0.2, 0.25) is 0 Å². The summed E-state index contributed by atoms with van der Waals surface area (Å²) in [4.78, 5) is 12.5. The summed E-state index contributed by atoms with van der Waals surface area (Å²) in [5.41, 5.74) is -0.0861. The molecule has 1 aromatic carbocycles. The van der Waals surface area contributed by atoms with Gasteiger partial charge < -0.3 is 33.5 Å². The molecule has 1 saturated carbocycles. The number of rotatable bonds is 7. The number of hydrogen-bond donors (Lipinski definition) is 1. The van der Waals surface area contributed by atoms with Gasteiger partial charge in [-0.1, -0.05) is 25.1 Å². The second-order valence-electron chi connectivity index (χ2n) is 8.24. The molecule has 0 spiro atoms. The van der Waals surface area contributed by atoms with E-state index >= 15 is 0 Å². The third kappa shape index (κ3) is 4.20. The van der Waals surface area contributed by atoms with Crippen LogP contribution in [0.15, 0.2) is 30.3 Å². The molecule has 9 heteroatoms. The van der Waals surface area contributed by atoms with Gasteiger partial charge in [0.2, 0.25) is 11.6 Å². The third-order valence-electron chi connectivity index (χ3n) is 6.49. The first-order valence-corrected chi connectivity index (χ1v) is 12.2. The van der Waals surface area contributed by atoms with Crippen LogP contribution in [0.25, 0.3) is 0 Å². The Hall–Kier alpha value is -1.20. The van der Waals surface area contributed by atoms with Gasteiger partial charge in [-0.3, -0.25) is 0 Å². The highest BCUT2D eigenvalue weighted by atomic mass is 32.2. The number of fused-ring (bicyclic) bond motifs is 2. The second kappa shape index (κ2) is 9.97. The minimum absolute atomic E-state index is 0.0362. The van der Waals surface area contributed by atoms with Crippen LogP contribution in [0.3, 0.4) is 0 Å². The van der Waals surface area contributed by atoms with Gasteiger partial charge in [0.1, 0.15) is 36.5 Å². The number of benzene rings is 1. The fourth-order valence-corrected chi connectivity index (χ4v) is 5.77. The van der Waals surface area contributed by atoms with E-state index < -0.39 is 47.4 Å². The first-order valence-electron chi connectivity index (χ1n) is 11.1. The van der Waals surface area contributed by atoms with Gasteiger partial charge in [0, 0.05) is 27.1 Å². The molecule has 0 amide bonds. The van der Waals surface area contributed by atoms with Crippen LogP contribution in [-0.2, 0) is 28.4 Å². The molecule has 8 nitrogen and oxygen atoms in total. The molecule has 0 bridgehead atoms. The summed E-state index contributed by atoms with van der Waals surface area (Å²) >= 11 is 1.47. The number of ether oxygens (including phenoxy) is 6. The van der Waals surface area contributed by atoms with Crippen LogP contribution in [0.5, 0.6) is 0 Å². The molecule has 178 valence electrons. The van der Waals surface area contributed by atoms with Crippen molar-refractivity contribution in [1.29, 1.82) is 0 Å². The number of carbonyl (C=O) groups is 1. The van der Waals surface area contributed by atoms with Crippen molar-refractivity contribution in [2.24, 2.45) is 0 Å². The molecule has 2 heterocycles. The average molecular weight is 469 g/mol. The summed E-state index contributed by atoms with van der Waals surface area (Å²) in [6.07, 6.45) is -0.00651. The molecule has 1 aliphatic carbocycles. The number of thioether (sulfide) groups is 1. The minimum Gasteiger partial charge on any atom is -0.459 e. The van der Waals surface area contributed by atoms with E-state index in [9.17, 15) is 9.90 Å². The molecule has 4 rings (SSSR count). The Labute approximate surface area is 192 Å². The fraction of sp³-hybridized carbons (Fsp3) is 0.696. The van der Waals surface area contributed by atoms with Gasteiger partial charge in [-0.25, -0.2) is 4.79 Å². The van der Waals surface area contributed by atoms with Gasteiger partial charge in [-0.05, 0) is 30.7 Å². The molecule has 3 aliphatic rings. The Bertz CT molecular complexity index is 779. The summed E-state index contributed by atoms with van der Waals surface area (Å²) in [5, 5.41) is 11.1. The lowest BCUT2D eigenvalue weighted by molar-refractivity contribution is -0.488. The lowest BCUT2D eigenvalue weighted by Gasteiger charge is -2.60. The lowest BCUT2D eigenvalue weighted by atomic mass is 9.84. The fourth-order valence-electron chi connectivity index (χ4n) is 4.87. The van der Waals surface area contributed by atoms with Crippen LogP contribution in [-0.4, -0.2) is 79.1 Å². The maximum Gasteiger partial charge on any atom is 0.338 e. The molecule has 0 radical (unpaired) electrons. The Morgan fingerprint density at radius 2 is 1.72 bits per heavy atom. The zero-order chi connectivity index (χ0) is 22.8. The summed E-state index contributed by atoms with van der Waals surface area (Å²) in [5.74, 6) is -1.95. The van der Waals surface area contributed by atoms with E-state index in [1.165, 1.54) is 11.8 Å². The maximum atomic E-state index is 12.5. The van der Waals surface area contributed by atoms with E-state index in [1.54, 1.807) is 38.5 Å². The highest BCUT2D eigenvalue weighted by molar-refractivity contribution is 7.99. The van der Waals surface area contributed by atoms with Crippen molar-refractivity contribution in [2.75, 3.05) is 26.6 Å². The first kappa shape index (κ1) is 23.9. The van der Waals surface area contributed by atoms with Crippen LogP contribution in [0.4, 0.5) is 0 Å². The van der Waals surface area contributed by atoms with Crippen molar-refractivity contribution < 1.29 is 38.3 Å². The Morgan fingerprint density at radius 3 is 2.31 bits per heavy atom. The lowest BCUT2D eigenvalue weighted by Crippen LogP contribution is -2.75. The predicted molar refractivity (Wildman–Crippen MR) is 117 cm³/mol. The van der Waals surface area contributed by atoms with Crippen molar-refractivity contribution in [3.05, 3.63) is 35.9 Å². The molecule has 3 fully saturated rings. The minimum atomic E-state index is -1.13. The number of esters is 1. The van der Waals surface area contributed by atoms with Crippen molar-refractivity contribution >= 4 is 17.7 Å². The topological polar surface area (TPSA) is 92.7 Å². The number of hydrogen-bond acceptors (Lipinski definition) is 9. The summed E-state index contributed by atoms with van der Waals surface area (Å²) in [6, 6.07) is 8.79. The van der Waals surface area contributed by atoms with Crippen molar-refractivity contribution in [1.82, 2.24) is 0 Å². The SMILES string of the molecule is CCS[C@H]1O[C@H](COC(=O)c2ccccc2)[C@H]2O[C@@]3(OC)CCCC[C@]3(OC)O[C@@H]2[C@@H]1O. The zero-order valence-electron chi connectivity index (χ0n) is 18.7. The van der Waals surface area contributed by atoms with E-state index in [0.717, 1.165) is 18.6 Å². The quantitative estimate of drug-likeness (QED) is 0.606.